The van der Waals surface area contributed by atoms with Crippen molar-refractivity contribution in [3.8, 4) is 11.6 Å². The van der Waals surface area contributed by atoms with Crippen molar-refractivity contribution in [3.63, 3.8) is 0 Å². The van der Waals surface area contributed by atoms with Gasteiger partial charge in [-0.25, -0.2) is 22.9 Å². The molecule has 23 heavy (non-hydrogen) atoms. The van der Waals surface area contributed by atoms with Crippen LogP contribution in [0.1, 0.15) is 10.4 Å². The normalized spacial score (nSPS) is 11.9. The molecule has 2 aromatic heterocycles. The van der Waals surface area contributed by atoms with E-state index in [-0.39, 0.29) is 16.0 Å². The van der Waals surface area contributed by atoms with Crippen LogP contribution in [0.3, 0.4) is 0 Å². The lowest BCUT2D eigenvalue weighted by molar-refractivity contribution is 0.0697. The zero-order valence-corrected chi connectivity index (χ0v) is 13.1. The third kappa shape index (κ3) is 2.39. The minimum atomic E-state index is -3.86. The van der Waals surface area contributed by atoms with Gasteiger partial charge in [0.2, 0.25) is 10.0 Å². The summed E-state index contributed by atoms with van der Waals surface area (Å²) < 4.78 is 33.6. The molecule has 120 valence electrons. The average molecular weight is 335 g/mol. The van der Waals surface area contributed by atoms with E-state index in [1.165, 1.54) is 19.4 Å². The highest BCUT2D eigenvalue weighted by Gasteiger charge is 2.24. The second kappa shape index (κ2) is 5.21. The van der Waals surface area contributed by atoms with Crippen molar-refractivity contribution in [2.24, 2.45) is 7.05 Å². The molecule has 0 unspecified atom stereocenters. The maximum absolute atomic E-state index is 12.3. The topological polar surface area (TPSA) is 114 Å². The SMILES string of the molecule is CNS(=O)(=O)c1cc(C(=O)O)cc2nc(-c3ccco3)n(C)c12. The Balaban J connectivity index is 2.43. The van der Waals surface area contributed by atoms with Crippen LogP contribution in [0, 0.1) is 0 Å². The zero-order valence-electron chi connectivity index (χ0n) is 12.3. The van der Waals surface area contributed by atoms with Gasteiger partial charge in [-0.2, -0.15) is 0 Å². The molecule has 0 saturated heterocycles. The van der Waals surface area contributed by atoms with Crippen molar-refractivity contribution in [3.05, 3.63) is 36.1 Å². The Morgan fingerprint density at radius 2 is 2.13 bits per heavy atom. The van der Waals surface area contributed by atoms with Crippen molar-refractivity contribution in [2.75, 3.05) is 7.05 Å². The van der Waals surface area contributed by atoms with E-state index in [1.807, 2.05) is 0 Å². The molecule has 3 aromatic rings. The maximum atomic E-state index is 12.3. The van der Waals surface area contributed by atoms with Gasteiger partial charge in [0, 0.05) is 7.05 Å². The Kier molecular flexibility index (Phi) is 3.46. The zero-order chi connectivity index (χ0) is 16.8. The van der Waals surface area contributed by atoms with Crippen molar-refractivity contribution >= 4 is 27.0 Å². The van der Waals surface area contributed by atoms with Gasteiger partial charge in [0.25, 0.3) is 0 Å². The summed E-state index contributed by atoms with van der Waals surface area (Å²) in [6.45, 7) is 0. The number of aromatic nitrogens is 2. The molecular formula is C14H13N3O5S. The minimum Gasteiger partial charge on any atom is -0.478 e. The maximum Gasteiger partial charge on any atom is 0.335 e. The molecule has 0 fully saturated rings. The summed E-state index contributed by atoms with van der Waals surface area (Å²) >= 11 is 0. The summed E-state index contributed by atoms with van der Waals surface area (Å²) in [5, 5.41) is 9.20. The average Bonchev–Trinajstić information content (AvgIpc) is 3.14. The molecule has 2 N–H and O–H groups in total. The summed E-state index contributed by atoms with van der Waals surface area (Å²) in [6, 6.07) is 5.82. The van der Waals surface area contributed by atoms with E-state index in [0.717, 1.165) is 6.07 Å². The largest absolute Gasteiger partial charge is 0.478 e. The fourth-order valence-corrected chi connectivity index (χ4v) is 3.37. The van der Waals surface area contributed by atoms with E-state index < -0.39 is 16.0 Å². The fourth-order valence-electron chi connectivity index (χ4n) is 2.37. The van der Waals surface area contributed by atoms with Crippen molar-refractivity contribution < 1.29 is 22.7 Å². The van der Waals surface area contributed by atoms with Crippen LogP contribution in [-0.4, -0.2) is 36.1 Å². The molecule has 0 radical (unpaired) electrons. The monoisotopic (exact) mass is 335 g/mol. The molecule has 0 aliphatic carbocycles. The Hall–Kier alpha value is -2.65. The fraction of sp³-hybridized carbons (Fsp3) is 0.143. The lowest BCUT2D eigenvalue weighted by Crippen LogP contribution is -2.20. The quantitative estimate of drug-likeness (QED) is 0.745. The van der Waals surface area contributed by atoms with Gasteiger partial charge in [-0.3, -0.25) is 0 Å². The van der Waals surface area contributed by atoms with Gasteiger partial charge in [-0.05, 0) is 31.3 Å². The number of furan rings is 1. The molecule has 0 atom stereocenters. The van der Waals surface area contributed by atoms with Gasteiger partial charge in [-0.1, -0.05) is 0 Å². The number of nitrogens with zero attached hydrogens (tertiary/aromatic N) is 2. The van der Waals surface area contributed by atoms with Gasteiger partial charge in [-0.15, -0.1) is 0 Å². The Morgan fingerprint density at radius 1 is 1.39 bits per heavy atom. The molecule has 0 amide bonds. The lowest BCUT2D eigenvalue weighted by atomic mass is 10.2. The van der Waals surface area contributed by atoms with Crippen LogP contribution >= 0.6 is 0 Å². The van der Waals surface area contributed by atoms with Gasteiger partial charge >= 0.3 is 5.97 Å². The number of fused-ring (bicyclic) bond motifs is 1. The highest BCUT2D eigenvalue weighted by atomic mass is 32.2. The first-order valence-electron chi connectivity index (χ1n) is 6.56. The minimum absolute atomic E-state index is 0.150. The first-order valence-corrected chi connectivity index (χ1v) is 8.04. The number of rotatable bonds is 4. The summed E-state index contributed by atoms with van der Waals surface area (Å²) in [6.07, 6.45) is 1.47. The number of imidazole rings is 1. The number of aryl methyl sites for hydroxylation is 1. The number of carbonyl (C=O) groups is 1. The second-order valence-electron chi connectivity index (χ2n) is 4.83. The van der Waals surface area contributed by atoms with E-state index in [2.05, 4.69) is 9.71 Å². The number of hydrogen-bond acceptors (Lipinski definition) is 5. The summed E-state index contributed by atoms with van der Waals surface area (Å²) in [4.78, 5) is 15.4. The lowest BCUT2D eigenvalue weighted by Gasteiger charge is -2.08. The molecule has 3 rings (SSSR count). The summed E-state index contributed by atoms with van der Waals surface area (Å²) in [5.41, 5.74) is 0.402. The van der Waals surface area contributed by atoms with E-state index in [1.54, 1.807) is 23.7 Å². The molecule has 1 aromatic carbocycles. The van der Waals surface area contributed by atoms with Crippen LogP contribution in [-0.2, 0) is 17.1 Å². The van der Waals surface area contributed by atoms with E-state index in [4.69, 9.17) is 4.42 Å². The van der Waals surface area contributed by atoms with Gasteiger partial charge in [0.15, 0.2) is 11.6 Å². The van der Waals surface area contributed by atoms with Crippen LogP contribution < -0.4 is 4.72 Å². The molecule has 0 spiro atoms. The van der Waals surface area contributed by atoms with Crippen molar-refractivity contribution in [1.82, 2.24) is 14.3 Å². The van der Waals surface area contributed by atoms with Gasteiger partial charge in [0.05, 0.1) is 22.9 Å². The molecule has 0 bridgehead atoms. The molecule has 8 nitrogen and oxygen atoms in total. The Morgan fingerprint density at radius 3 is 2.70 bits per heavy atom. The number of sulfonamides is 1. The smallest absolute Gasteiger partial charge is 0.335 e. The number of carboxylic acids is 1. The van der Waals surface area contributed by atoms with Crippen molar-refractivity contribution in [2.45, 2.75) is 4.90 Å². The first kappa shape index (κ1) is 15.3. The first-order chi connectivity index (χ1) is 10.8. The van der Waals surface area contributed by atoms with Crippen LogP contribution in [0.2, 0.25) is 0 Å². The molecular weight excluding hydrogens is 322 g/mol. The molecule has 0 aliphatic heterocycles. The number of aromatic carboxylic acids is 1. The predicted octanol–water partition coefficient (Wildman–Crippen LogP) is 1.44. The number of hydrogen-bond donors (Lipinski definition) is 2. The van der Waals surface area contributed by atoms with Crippen LogP contribution in [0.15, 0.2) is 39.8 Å². The summed E-state index contributed by atoms with van der Waals surface area (Å²) in [5.74, 6) is -0.377. The highest BCUT2D eigenvalue weighted by molar-refractivity contribution is 7.89. The number of nitrogens with one attached hydrogen (secondary N) is 1. The highest BCUT2D eigenvalue weighted by Crippen LogP contribution is 2.29. The third-order valence-corrected chi connectivity index (χ3v) is 4.91. The number of benzene rings is 1. The van der Waals surface area contributed by atoms with Crippen LogP contribution in [0.5, 0.6) is 0 Å². The Labute approximate surface area is 131 Å². The van der Waals surface area contributed by atoms with E-state index in [0.29, 0.717) is 17.1 Å². The molecule has 0 aliphatic rings. The van der Waals surface area contributed by atoms with Gasteiger partial charge < -0.3 is 14.1 Å². The third-order valence-electron chi connectivity index (χ3n) is 3.48. The van der Waals surface area contributed by atoms with Crippen LogP contribution in [0.25, 0.3) is 22.6 Å². The second-order valence-corrected chi connectivity index (χ2v) is 6.68. The van der Waals surface area contributed by atoms with E-state index in [9.17, 15) is 18.3 Å². The standard InChI is InChI=1S/C14H13N3O5S/c1-15-23(20,21)11-7-8(14(18)19)6-9-12(11)17(2)13(16-9)10-4-3-5-22-10/h3-7,15H,1-2H3,(H,18,19). The molecule has 0 saturated carbocycles. The molecule has 9 heteroatoms. The van der Waals surface area contributed by atoms with E-state index >= 15 is 0 Å². The Bertz CT molecular complexity index is 1000. The molecule has 2 heterocycles. The van der Waals surface area contributed by atoms with Crippen LogP contribution in [0.4, 0.5) is 0 Å². The van der Waals surface area contributed by atoms with Gasteiger partial charge in [0.1, 0.15) is 4.90 Å². The predicted molar refractivity (Wildman–Crippen MR) is 81.6 cm³/mol. The van der Waals surface area contributed by atoms with Crippen molar-refractivity contribution in [1.29, 1.82) is 0 Å². The summed E-state index contributed by atoms with van der Waals surface area (Å²) in [7, 11) is -0.960. The number of carboxylic acid groups (broad SMARTS) is 1.